The van der Waals surface area contributed by atoms with E-state index in [0.29, 0.717) is 38.1 Å². The number of sulfonamides is 1. The van der Waals surface area contributed by atoms with E-state index >= 15 is 0 Å². The van der Waals surface area contributed by atoms with Gasteiger partial charge < -0.3 is 0 Å². The van der Waals surface area contributed by atoms with E-state index in [4.69, 9.17) is 0 Å². The van der Waals surface area contributed by atoms with Crippen LogP contribution in [-0.4, -0.2) is 49.8 Å². The Morgan fingerprint density at radius 1 is 0.962 bits per heavy atom. The lowest BCUT2D eigenvalue weighted by Gasteiger charge is -2.43. The van der Waals surface area contributed by atoms with Crippen LogP contribution in [0, 0.1) is 5.92 Å². The lowest BCUT2D eigenvalue weighted by Crippen LogP contribution is -2.53. The summed E-state index contributed by atoms with van der Waals surface area (Å²) < 4.78 is 64.8. The minimum absolute atomic E-state index is 0.0787. The van der Waals surface area contributed by atoms with Crippen LogP contribution < -0.4 is 0 Å². The van der Waals surface area contributed by atoms with Crippen LogP contribution in [0.4, 0.5) is 13.2 Å². The fourth-order valence-electron chi connectivity index (χ4n) is 4.08. The van der Waals surface area contributed by atoms with Gasteiger partial charge in [-0.05, 0) is 43.0 Å². The summed E-state index contributed by atoms with van der Waals surface area (Å²) in [7, 11) is -3.75. The van der Waals surface area contributed by atoms with Crippen molar-refractivity contribution in [2.45, 2.75) is 49.7 Å². The molecule has 4 nitrogen and oxygen atoms in total. The van der Waals surface area contributed by atoms with Crippen LogP contribution in [0.15, 0.2) is 29.2 Å². The summed E-state index contributed by atoms with van der Waals surface area (Å²) in [6.07, 6.45) is 0.394. The molecule has 2 fully saturated rings. The number of alkyl halides is 3. The number of nitrogens with zero attached hydrogens (tertiary/aromatic N) is 2. The SMILES string of the molecule is CC1CCCCC1N1CCN(S(=O)(=O)c2ccc(C(F)(F)F)cc2)CC1. The van der Waals surface area contributed by atoms with Gasteiger partial charge in [0, 0.05) is 32.2 Å². The molecule has 1 heterocycles. The van der Waals surface area contributed by atoms with Crippen molar-refractivity contribution in [3.05, 3.63) is 29.8 Å². The summed E-state index contributed by atoms with van der Waals surface area (Å²) in [6, 6.07) is 4.26. The average molecular weight is 390 g/mol. The second-order valence-corrected chi connectivity index (χ2v) is 9.23. The molecule has 146 valence electrons. The predicted molar refractivity (Wildman–Crippen MR) is 93.2 cm³/mol. The summed E-state index contributed by atoms with van der Waals surface area (Å²) in [5.41, 5.74) is -0.840. The molecule has 1 aromatic carbocycles. The van der Waals surface area contributed by atoms with Crippen LogP contribution in [0.25, 0.3) is 0 Å². The van der Waals surface area contributed by atoms with Crippen LogP contribution in [0.3, 0.4) is 0 Å². The van der Waals surface area contributed by atoms with E-state index in [1.807, 2.05) is 0 Å². The zero-order chi connectivity index (χ0) is 18.9. The van der Waals surface area contributed by atoms with Gasteiger partial charge in [-0.15, -0.1) is 0 Å². The maximum absolute atomic E-state index is 12.7. The van der Waals surface area contributed by atoms with Crippen molar-refractivity contribution in [2.24, 2.45) is 5.92 Å². The van der Waals surface area contributed by atoms with Gasteiger partial charge in [-0.2, -0.15) is 17.5 Å². The summed E-state index contributed by atoms with van der Waals surface area (Å²) in [4.78, 5) is 2.30. The Morgan fingerprint density at radius 3 is 2.08 bits per heavy atom. The maximum Gasteiger partial charge on any atom is 0.416 e. The molecule has 1 aliphatic carbocycles. The largest absolute Gasteiger partial charge is 0.416 e. The first-order chi connectivity index (χ1) is 12.2. The van der Waals surface area contributed by atoms with Crippen molar-refractivity contribution in [3.63, 3.8) is 0 Å². The standard InChI is InChI=1S/C18H25F3N2O2S/c1-14-4-2-3-5-17(14)22-10-12-23(13-11-22)26(24,25)16-8-6-15(7-9-16)18(19,20)21/h6-9,14,17H,2-5,10-13H2,1H3. The molecule has 1 saturated heterocycles. The topological polar surface area (TPSA) is 40.6 Å². The highest BCUT2D eigenvalue weighted by molar-refractivity contribution is 7.89. The smallest absolute Gasteiger partial charge is 0.298 e. The fraction of sp³-hybridized carbons (Fsp3) is 0.667. The normalized spacial score (nSPS) is 26.8. The molecule has 0 N–H and O–H groups in total. The van der Waals surface area contributed by atoms with Crippen molar-refractivity contribution in [2.75, 3.05) is 26.2 Å². The third kappa shape index (κ3) is 4.07. The molecule has 1 saturated carbocycles. The molecule has 0 radical (unpaired) electrons. The molecule has 0 aromatic heterocycles. The van der Waals surface area contributed by atoms with Crippen LogP contribution in [0.5, 0.6) is 0 Å². The molecule has 0 amide bonds. The lowest BCUT2D eigenvalue weighted by atomic mass is 9.84. The Bertz CT molecular complexity index is 711. The van der Waals surface area contributed by atoms with E-state index in [0.717, 1.165) is 30.7 Å². The molecule has 2 aliphatic rings. The predicted octanol–water partition coefficient (Wildman–Crippen LogP) is 3.59. The third-order valence-corrected chi connectivity index (χ3v) is 7.54. The molecule has 0 bridgehead atoms. The number of hydrogen-bond acceptors (Lipinski definition) is 3. The highest BCUT2D eigenvalue weighted by atomic mass is 32.2. The van der Waals surface area contributed by atoms with Crippen LogP contribution in [0.1, 0.15) is 38.2 Å². The number of rotatable bonds is 3. The minimum atomic E-state index is -4.47. The van der Waals surface area contributed by atoms with E-state index in [-0.39, 0.29) is 4.90 Å². The molecule has 0 spiro atoms. The number of benzene rings is 1. The highest BCUT2D eigenvalue weighted by Gasteiger charge is 2.35. The summed E-state index contributed by atoms with van der Waals surface area (Å²) in [6.45, 7) is 4.37. The monoisotopic (exact) mass is 390 g/mol. The Labute approximate surface area is 153 Å². The van der Waals surface area contributed by atoms with E-state index in [1.54, 1.807) is 0 Å². The number of halogens is 3. The Balaban J connectivity index is 1.66. The molecule has 2 atom stereocenters. The molecule has 26 heavy (non-hydrogen) atoms. The van der Waals surface area contributed by atoms with Crippen molar-refractivity contribution in [3.8, 4) is 0 Å². The molecular weight excluding hydrogens is 365 g/mol. The van der Waals surface area contributed by atoms with E-state index in [9.17, 15) is 21.6 Å². The summed E-state index contributed by atoms with van der Waals surface area (Å²) in [5, 5.41) is 0. The first-order valence-electron chi connectivity index (χ1n) is 9.11. The lowest BCUT2D eigenvalue weighted by molar-refractivity contribution is -0.137. The number of piperazine rings is 1. The van der Waals surface area contributed by atoms with E-state index in [1.165, 1.54) is 23.6 Å². The van der Waals surface area contributed by atoms with Gasteiger partial charge in [0.25, 0.3) is 0 Å². The zero-order valence-corrected chi connectivity index (χ0v) is 15.7. The van der Waals surface area contributed by atoms with Crippen LogP contribution >= 0.6 is 0 Å². The van der Waals surface area contributed by atoms with Crippen molar-refractivity contribution >= 4 is 10.0 Å². The molecule has 8 heteroatoms. The molecular formula is C18H25F3N2O2S. The van der Waals surface area contributed by atoms with Gasteiger partial charge in [0.05, 0.1) is 10.5 Å². The van der Waals surface area contributed by atoms with Crippen molar-refractivity contribution in [1.82, 2.24) is 9.21 Å². The van der Waals surface area contributed by atoms with Gasteiger partial charge in [-0.3, -0.25) is 4.90 Å². The fourth-order valence-corrected chi connectivity index (χ4v) is 5.50. The molecule has 1 aliphatic heterocycles. The van der Waals surface area contributed by atoms with Gasteiger partial charge in [-0.25, -0.2) is 8.42 Å². The van der Waals surface area contributed by atoms with Crippen LogP contribution in [0.2, 0.25) is 0 Å². The summed E-state index contributed by atoms with van der Waals surface area (Å²) >= 11 is 0. The Hall–Kier alpha value is -1.12. The van der Waals surface area contributed by atoms with Crippen LogP contribution in [-0.2, 0) is 16.2 Å². The Morgan fingerprint density at radius 2 is 1.54 bits per heavy atom. The van der Waals surface area contributed by atoms with Gasteiger partial charge in [0.2, 0.25) is 10.0 Å². The maximum atomic E-state index is 12.7. The molecule has 3 rings (SSSR count). The van der Waals surface area contributed by atoms with Gasteiger partial charge in [0.15, 0.2) is 0 Å². The summed E-state index contributed by atoms with van der Waals surface area (Å²) in [5.74, 6) is 0.627. The van der Waals surface area contributed by atoms with Crippen molar-refractivity contribution < 1.29 is 21.6 Å². The minimum Gasteiger partial charge on any atom is -0.298 e. The second kappa shape index (κ2) is 7.48. The quantitative estimate of drug-likeness (QED) is 0.792. The van der Waals surface area contributed by atoms with Gasteiger partial charge >= 0.3 is 6.18 Å². The van der Waals surface area contributed by atoms with E-state index in [2.05, 4.69) is 11.8 Å². The average Bonchev–Trinajstić information content (AvgIpc) is 2.62. The second-order valence-electron chi connectivity index (χ2n) is 7.29. The first kappa shape index (κ1) is 19.6. The molecule has 2 unspecified atom stereocenters. The van der Waals surface area contributed by atoms with E-state index < -0.39 is 21.8 Å². The molecule has 1 aromatic rings. The van der Waals surface area contributed by atoms with Gasteiger partial charge in [0.1, 0.15) is 0 Å². The number of hydrogen-bond donors (Lipinski definition) is 0. The first-order valence-corrected chi connectivity index (χ1v) is 10.5. The van der Waals surface area contributed by atoms with Gasteiger partial charge in [-0.1, -0.05) is 19.8 Å². The Kier molecular flexibility index (Phi) is 5.65. The third-order valence-electron chi connectivity index (χ3n) is 5.63. The van der Waals surface area contributed by atoms with Crippen molar-refractivity contribution in [1.29, 1.82) is 0 Å². The zero-order valence-electron chi connectivity index (χ0n) is 14.9. The highest BCUT2D eigenvalue weighted by Crippen LogP contribution is 2.31.